The number of hydrogen-bond acceptors (Lipinski definition) is 5. The van der Waals surface area contributed by atoms with Gasteiger partial charge in [0.2, 0.25) is 0 Å². The highest BCUT2D eigenvalue weighted by molar-refractivity contribution is 7.34. The van der Waals surface area contributed by atoms with Gasteiger partial charge in [-0.05, 0) is 6.92 Å². The van der Waals surface area contributed by atoms with Crippen LogP contribution in [0, 0.1) is 0 Å². The number of nitrogens with two attached hydrogens (primary N) is 1. The van der Waals surface area contributed by atoms with E-state index in [1.165, 1.54) is 0 Å². The SMILES string of the molecule is CC(O)C(N)(C(=O)O)P(=O)=O. The molecule has 0 bridgehead atoms. The summed E-state index contributed by atoms with van der Waals surface area (Å²) in [5.41, 5.74) is 4.88. The molecule has 6 nitrogen and oxygen atoms in total. The first-order valence-corrected chi connectivity index (χ1v) is 3.86. The summed E-state index contributed by atoms with van der Waals surface area (Å²) >= 11 is 0. The number of carboxylic acid groups (broad SMARTS) is 1. The Morgan fingerprint density at radius 3 is 2.00 bits per heavy atom. The van der Waals surface area contributed by atoms with E-state index >= 15 is 0 Å². The van der Waals surface area contributed by atoms with Gasteiger partial charge in [0.05, 0.1) is 6.10 Å². The highest BCUT2D eigenvalue weighted by atomic mass is 31.1. The van der Waals surface area contributed by atoms with Gasteiger partial charge in [-0.2, -0.15) is 0 Å². The maximum atomic E-state index is 10.3. The third-order valence-corrected chi connectivity index (χ3v) is 2.45. The first-order chi connectivity index (χ1) is 4.83. The second-order valence-corrected chi connectivity index (χ2v) is 3.32. The van der Waals surface area contributed by atoms with Crippen LogP contribution in [0.25, 0.3) is 0 Å². The summed E-state index contributed by atoms with van der Waals surface area (Å²) in [5.74, 6) is -1.76. The Kier molecular flexibility index (Phi) is 2.92. The molecule has 0 aromatic rings. The summed E-state index contributed by atoms with van der Waals surface area (Å²) < 4.78 is 20.6. The van der Waals surface area contributed by atoms with Crippen LogP contribution in [-0.4, -0.2) is 27.6 Å². The van der Waals surface area contributed by atoms with E-state index in [1.54, 1.807) is 0 Å². The van der Waals surface area contributed by atoms with Crippen LogP contribution in [-0.2, 0) is 13.9 Å². The van der Waals surface area contributed by atoms with Gasteiger partial charge in [0.1, 0.15) is 0 Å². The zero-order valence-electron chi connectivity index (χ0n) is 5.72. The normalized spacial score (nSPS) is 18.5. The third-order valence-electron chi connectivity index (χ3n) is 1.28. The molecule has 0 heterocycles. The fourth-order valence-electron chi connectivity index (χ4n) is 0.409. The van der Waals surface area contributed by atoms with Crippen molar-refractivity contribution in [1.29, 1.82) is 0 Å². The van der Waals surface area contributed by atoms with E-state index in [9.17, 15) is 13.9 Å². The van der Waals surface area contributed by atoms with Crippen LogP contribution in [0.3, 0.4) is 0 Å². The van der Waals surface area contributed by atoms with Crippen LogP contribution in [0.2, 0.25) is 0 Å². The van der Waals surface area contributed by atoms with Crippen molar-refractivity contribution in [1.82, 2.24) is 0 Å². The lowest BCUT2D eigenvalue weighted by Crippen LogP contribution is -2.52. The molecule has 4 N–H and O–H groups in total. The molecule has 11 heavy (non-hydrogen) atoms. The zero-order chi connectivity index (χ0) is 9.23. The van der Waals surface area contributed by atoms with Gasteiger partial charge in [0.25, 0.3) is 5.28 Å². The molecule has 0 spiro atoms. The van der Waals surface area contributed by atoms with Crippen molar-refractivity contribution in [3.05, 3.63) is 0 Å². The number of carbonyl (C=O) groups is 1. The Hall–Kier alpha value is -0.710. The van der Waals surface area contributed by atoms with Crippen LogP contribution >= 0.6 is 7.68 Å². The smallest absolute Gasteiger partial charge is 0.350 e. The number of rotatable bonds is 3. The number of aliphatic hydroxyl groups is 1. The lowest BCUT2D eigenvalue weighted by molar-refractivity contribution is -0.142. The molecule has 2 unspecified atom stereocenters. The van der Waals surface area contributed by atoms with E-state index in [0.717, 1.165) is 6.92 Å². The van der Waals surface area contributed by atoms with Gasteiger partial charge in [0.15, 0.2) is 0 Å². The van der Waals surface area contributed by atoms with Crippen molar-refractivity contribution in [3.63, 3.8) is 0 Å². The van der Waals surface area contributed by atoms with Gasteiger partial charge in [-0.3, -0.25) is 0 Å². The van der Waals surface area contributed by atoms with E-state index in [0.29, 0.717) is 0 Å². The molecule has 0 aliphatic heterocycles. The van der Waals surface area contributed by atoms with Crippen LogP contribution in [0.5, 0.6) is 0 Å². The standard InChI is InChI=1S/C4H8NO5P/c1-2(6)4(5,3(7)8)11(9)10/h2,6H,5H2,1H3,(H,7,8). The van der Waals surface area contributed by atoms with Crippen LogP contribution in [0.4, 0.5) is 0 Å². The second kappa shape index (κ2) is 3.13. The van der Waals surface area contributed by atoms with Crippen molar-refractivity contribution in [2.24, 2.45) is 5.73 Å². The molecular formula is C4H8NO5P. The summed E-state index contributed by atoms with van der Waals surface area (Å²) in [6.45, 7) is 0.999. The van der Waals surface area contributed by atoms with Gasteiger partial charge < -0.3 is 15.9 Å². The van der Waals surface area contributed by atoms with Crippen LogP contribution in [0.1, 0.15) is 6.92 Å². The molecule has 64 valence electrons. The van der Waals surface area contributed by atoms with Crippen molar-refractivity contribution in [3.8, 4) is 0 Å². The Balaban J connectivity index is 4.99. The minimum atomic E-state index is -3.40. The molecule has 0 saturated carbocycles. The largest absolute Gasteiger partial charge is 0.479 e. The molecule has 0 aromatic carbocycles. The predicted molar refractivity (Wildman–Crippen MR) is 34.5 cm³/mol. The Morgan fingerprint density at radius 2 is 2.00 bits per heavy atom. The molecule has 0 aromatic heterocycles. The monoisotopic (exact) mass is 181 g/mol. The topological polar surface area (TPSA) is 118 Å². The highest BCUT2D eigenvalue weighted by Crippen LogP contribution is 2.27. The maximum Gasteiger partial charge on any atom is 0.350 e. The zero-order valence-corrected chi connectivity index (χ0v) is 6.62. The molecule has 2 atom stereocenters. The summed E-state index contributed by atoms with van der Waals surface area (Å²) in [4.78, 5) is 10.2. The lowest BCUT2D eigenvalue weighted by Gasteiger charge is -2.18. The minimum absolute atomic E-state index is 0.999. The highest BCUT2D eigenvalue weighted by Gasteiger charge is 2.45. The average Bonchev–Trinajstić information content (AvgIpc) is 1.84. The minimum Gasteiger partial charge on any atom is -0.479 e. The predicted octanol–water partition coefficient (Wildman–Crippen LogP) is -0.720. The molecule has 0 saturated heterocycles. The Morgan fingerprint density at radius 1 is 1.64 bits per heavy atom. The first-order valence-electron chi connectivity index (χ1n) is 2.68. The molecule has 0 aliphatic rings. The van der Waals surface area contributed by atoms with E-state index < -0.39 is 25.0 Å². The van der Waals surface area contributed by atoms with Crippen molar-refractivity contribution in [2.45, 2.75) is 18.3 Å². The molecule has 7 heteroatoms. The number of hydrogen-bond donors (Lipinski definition) is 3. The van der Waals surface area contributed by atoms with Crippen LogP contribution in [0.15, 0.2) is 0 Å². The van der Waals surface area contributed by atoms with Gasteiger partial charge in [-0.1, -0.05) is 0 Å². The van der Waals surface area contributed by atoms with Crippen molar-refractivity contribution < 1.29 is 24.1 Å². The van der Waals surface area contributed by atoms with E-state index in [4.69, 9.17) is 15.9 Å². The average molecular weight is 181 g/mol. The summed E-state index contributed by atoms with van der Waals surface area (Å²) in [7, 11) is -3.40. The fourth-order valence-corrected chi connectivity index (χ4v) is 0.871. The number of carboxylic acids is 1. The Labute approximate surface area is 62.8 Å². The van der Waals surface area contributed by atoms with Crippen LogP contribution < -0.4 is 5.73 Å². The second-order valence-electron chi connectivity index (χ2n) is 2.06. The molecule has 0 amide bonds. The Bertz CT molecular complexity index is 227. The summed E-state index contributed by atoms with van der Waals surface area (Å²) in [5, 5.41) is 14.5. The fraction of sp³-hybridized carbons (Fsp3) is 0.750. The quantitative estimate of drug-likeness (QED) is 0.494. The van der Waals surface area contributed by atoms with Crippen molar-refractivity contribution >= 4 is 13.6 Å². The number of aliphatic hydroxyl groups excluding tert-OH is 1. The van der Waals surface area contributed by atoms with E-state index in [-0.39, 0.29) is 0 Å². The van der Waals surface area contributed by atoms with Gasteiger partial charge >= 0.3 is 13.6 Å². The molecule has 0 radical (unpaired) electrons. The summed E-state index contributed by atoms with van der Waals surface area (Å²) in [6, 6.07) is 0. The van der Waals surface area contributed by atoms with Gasteiger partial charge in [-0.25, -0.2) is 13.9 Å². The number of aliphatic carboxylic acids is 1. The van der Waals surface area contributed by atoms with E-state index in [2.05, 4.69) is 0 Å². The van der Waals surface area contributed by atoms with E-state index in [1.807, 2.05) is 0 Å². The lowest BCUT2D eigenvalue weighted by atomic mass is 10.2. The molecular weight excluding hydrogens is 173 g/mol. The summed E-state index contributed by atoms with van der Waals surface area (Å²) in [6.07, 6.45) is -1.64. The van der Waals surface area contributed by atoms with Gasteiger partial charge in [0, 0.05) is 0 Å². The molecule has 0 rings (SSSR count). The maximum absolute atomic E-state index is 10.3. The van der Waals surface area contributed by atoms with Gasteiger partial charge in [-0.15, -0.1) is 0 Å². The molecule has 0 fully saturated rings. The third kappa shape index (κ3) is 1.65. The molecule has 0 aliphatic carbocycles. The van der Waals surface area contributed by atoms with Crippen molar-refractivity contribution in [2.75, 3.05) is 0 Å². The first kappa shape index (κ1) is 10.3.